The maximum atomic E-state index is 13.2. The Morgan fingerprint density at radius 3 is 2.86 bits per heavy atom. The largest absolute Gasteiger partial charge is 0.325 e. The zero-order valence-electron chi connectivity index (χ0n) is 15.4. The minimum Gasteiger partial charge on any atom is -0.319 e. The van der Waals surface area contributed by atoms with E-state index in [0.29, 0.717) is 0 Å². The lowest BCUT2D eigenvalue weighted by atomic mass is 9.89. The Labute approximate surface area is 171 Å². The van der Waals surface area contributed by atoms with E-state index in [1.54, 1.807) is 18.3 Å². The lowest BCUT2D eigenvalue weighted by Crippen LogP contribution is -2.41. The minimum atomic E-state index is -1.03. The zero-order chi connectivity index (χ0) is 19.3. The first-order chi connectivity index (χ1) is 13.5. The third-order valence-corrected chi connectivity index (χ3v) is 7.21. The Balaban J connectivity index is 1.40. The third-order valence-electron chi connectivity index (χ3n) is 5.59. The van der Waals surface area contributed by atoms with Crippen molar-refractivity contribution >= 4 is 34.6 Å². The number of urea groups is 1. The van der Waals surface area contributed by atoms with Gasteiger partial charge in [0.05, 0.1) is 12.2 Å². The third kappa shape index (κ3) is 2.77. The normalized spacial score (nSPS) is 21.2. The van der Waals surface area contributed by atoms with E-state index in [2.05, 4.69) is 22.4 Å². The van der Waals surface area contributed by atoms with Crippen LogP contribution in [0.25, 0.3) is 10.6 Å². The molecule has 5 nitrogen and oxygen atoms in total. The van der Waals surface area contributed by atoms with E-state index < -0.39 is 5.54 Å². The van der Waals surface area contributed by atoms with Crippen molar-refractivity contribution in [3.8, 4) is 10.6 Å². The second-order valence-corrected chi connectivity index (χ2v) is 9.08. The maximum Gasteiger partial charge on any atom is 0.325 e. The van der Waals surface area contributed by atoms with Gasteiger partial charge in [-0.15, -0.1) is 11.3 Å². The lowest BCUT2D eigenvalue weighted by Gasteiger charge is -2.23. The number of aromatic nitrogens is 1. The molecule has 0 saturated carbocycles. The van der Waals surface area contributed by atoms with E-state index in [9.17, 15) is 9.59 Å². The van der Waals surface area contributed by atoms with Crippen molar-refractivity contribution in [1.82, 2.24) is 15.2 Å². The minimum absolute atomic E-state index is 0.186. The fraction of sp³-hybridized carbons (Fsp3) is 0.286. The summed E-state index contributed by atoms with van der Waals surface area (Å²) in [6.45, 7) is 1.98. The Hall–Kier alpha value is -2.51. The molecular formula is C21H19N3O2S2. The molecule has 1 saturated heterocycles. The first-order valence-electron chi connectivity index (χ1n) is 9.28. The molecule has 1 unspecified atom stereocenters. The van der Waals surface area contributed by atoms with Crippen LogP contribution < -0.4 is 5.32 Å². The second kappa shape index (κ2) is 6.53. The molecule has 0 radical (unpaired) electrons. The zero-order valence-corrected chi connectivity index (χ0v) is 17.0. The SMILES string of the molecule is CC1(c2ccc3c(c2)CCC3)NC(=O)N(Cc2csc(-c3ccsc3)n2)C1=O. The number of thiophene rings is 1. The van der Waals surface area contributed by atoms with E-state index in [1.165, 1.54) is 27.4 Å². The van der Waals surface area contributed by atoms with Gasteiger partial charge in [0.15, 0.2) is 0 Å². The van der Waals surface area contributed by atoms with Gasteiger partial charge in [-0.3, -0.25) is 9.69 Å². The van der Waals surface area contributed by atoms with Gasteiger partial charge in [-0.2, -0.15) is 11.3 Å². The Bertz CT molecular complexity index is 1070. The van der Waals surface area contributed by atoms with Crippen molar-refractivity contribution in [3.63, 3.8) is 0 Å². The van der Waals surface area contributed by atoms with Crippen molar-refractivity contribution < 1.29 is 9.59 Å². The number of nitrogens with zero attached hydrogens (tertiary/aromatic N) is 2. The van der Waals surface area contributed by atoms with Crippen LogP contribution in [0.1, 0.15) is 35.7 Å². The van der Waals surface area contributed by atoms with Crippen LogP contribution >= 0.6 is 22.7 Å². The molecule has 0 bridgehead atoms. The highest BCUT2D eigenvalue weighted by Gasteiger charge is 2.49. The highest BCUT2D eigenvalue weighted by atomic mass is 32.1. The molecule has 1 aliphatic heterocycles. The van der Waals surface area contributed by atoms with Crippen molar-refractivity contribution in [2.45, 2.75) is 38.3 Å². The lowest BCUT2D eigenvalue weighted by molar-refractivity contribution is -0.131. The summed E-state index contributed by atoms with van der Waals surface area (Å²) in [6, 6.07) is 7.81. The fourth-order valence-corrected chi connectivity index (χ4v) is 5.50. The molecule has 3 aromatic rings. The van der Waals surface area contributed by atoms with Gasteiger partial charge < -0.3 is 5.32 Å². The van der Waals surface area contributed by atoms with Crippen LogP contribution in [0.5, 0.6) is 0 Å². The maximum absolute atomic E-state index is 13.2. The number of benzene rings is 1. The number of imide groups is 1. The molecular weight excluding hydrogens is 390 g/mol. The summed E-state index contributed by atoms with van der Waals surface area (Å²) in [5.74, 6) is -0.222. The van der Waals surface area contributed by atoms with Crippen LogP contribution in [0.2, 0.25) is 0 Å². The molecule has 2 aliphatic rings. The summed E-state index contributed by atoms with van der Waals surface area (Å²) in [5.41, 5.74) is 4.27. The fourth-order valence-electron chi connectivity index (χ4n) is 3.98. The van der Waals surface area contributed by atoms with E-state index in [-0.39, 0.29) is 18.5 Å². The Morgan fingerprint density at radius 1 is 1.18 bits per heavy atom. The van der Waals surface area contributed by atoms with Gasteiger partial charge >= 0.3 is 6.03 Å². The number of hydrogen-bond donors (Lipinski definition) is 1. The molecule has 3 heterocycles. The van der Waals surface area contributed by atoms with Crippen molar-refractivity contribution in [2.75, 3.05) is 0 Å². The average Bonchev–Trinajstić information content (AvgIpc) is 3.47. The van der Waals surface area contributed by atoms with E-state index in [4.69, 9.17) is 0 Å². The summed E-state index contributed by atoms with van der Waals surface area (Å²) in [4.78, 5) is 31.7. The van der Waals surface area contributed by atoms with Gasteiger partial charge in [0, 0.05) is 16.3 Å². The number of amides is 3. The van der Waals surface area contributed by atoms with Crippen molar-refractivity contribution in [2.24, 2.45) is 0 Å². The van der Waals surface area contributed by atoms with Gasteiger partial charge in [0.1, 0.15) is 10.5 Å². The van der Waals surface area contributed by atoms with Gasteiger partial charge in [0.25, 0.3) is 5.91 Å². The predicted octanol–water partition coefficient (Wildman–Crippen LogP) is 4.33. The quantitative estimate of drug-likeness (QED) is 0.653. The molecule has 142 valence electrons. The standard InChI is InChI=1S/C21H19N3O2S2/c1-21(16-6-5-13-3-2-4-14(13)9-16)19(25)24(20(26)23-21)10-17-12-28-18(22-17)15-7-8-27-11-15/h5-9,11-12H,2-4,10H2,1H3,(H,23,26). The molecule has 2 aromatic heterocycles. The van der Waals surface area contributed by atoms with Crippen LogP contribution in [-0.2, 0) is 29.7 Å². The van der Waals surface area contributed by atoms with E-state index in [1.807, 2.05) is 28.3 Å². The van der Waals surface area contributed by atoms with Gasteiger partial charge in [-0.25, -0.2) is 9.78 Å². The molecule has 5 rings (SSSR count). The van der Waals surface area contributed by atoms with Crippen LogP contribution in [0.3, 0.4) is 0 Å². The summed E-state index contributed by atoms with van der Waals surface area (Å²) >= 11 is 3.15. The molecule has 1 aliphatic carbocycles. The molecule has 1 N–H and O–H groups in total. The number of nitrogens with one attached hydrogen (secondary N) is 1. The summed E-state index contributed by atoms with van der Waals surface area (Å²) in [5, 5.41) is 9.78. The molecule has 28 heavy (non-hydrogen) atoms. The second-order valence-electron chi connectivity index (χ2n) is 7.44. The molecule has 7 heteroatoms. The summed E-state index contributed by atoms with van der Waals surface area (Å²) in [7, 11) is 0. The van der Waals surface area contributed by atoms with Crippen LogP contribution in [0.15, 0.2) is 40.4 Å². The Kier molecular flexibility index (Phi) is 4.10. The van der Waals surface area contributed by atoms with Crippen LogP contribution in [0.4, 0.5) is 4.79 Å². The van der Waals surface area contributed by atoms with Crippen LogP contribution in [0, 0.1) is 0 Å². The molecule has 1 atom stereocenters. The number of fused-ring (bicyclic) bond motifs is 1. The topological polar surface area (TPSA) is 62.3 Å². The van der Waals surface area contributed by atoms with Gasteiger partial charge in [-0.1, -0.05) is 18.2 Å². The van der Waals surface area contributed by atoms with E-state index in [0.717, 1.165) is 41.1 Å². The number of carbonyl (C=O) groups is 2. The van der Waals surface area contributed by atoms with Crippen molar-refractivity contribution in [3.05, 3.63) is 62.8 Å². The Morgan fingerprint density at radius 2 is 2.04 bits per heavy atom. The highest BCUT2D eigenvalue weighted by molar-refractivity contribution is 7.14. The molecule has 3 amide bonds. The van der Waals surface area contributed by atoms with Crippen molar-refractivity contribution in [1.29, 1.82) is 0 Å². The number of aryl methyl sites for hydroxylation is 2. The number of carbonyl (C=O) groups excluding carboxylic acids is 2. The van der Waals surface area contributed by atoms with Gasteiger partial charge in [0.2, 0.25) is 0 Å². The molecule has 1 aromatic carbocycles. The summed E-state index contributed by atoms with van der Waals surface area (Å²) in [6.07, 6.45) is 3.28. The van der Waals surface area contributed by atoms with Gasteiger partial charge in [-0.05, 0) is 54.3 Å². The predicted molar refractivity (Wildman–Crippen MR) is 110 cm³/mol. The molecule has 1 fully saturated rings. The first-order valence-corrected chi connectivity index (χ1v) is 11.1. The monoisotopic (exact) mass is 409 g/mol. The first kappa shape index (κ1) is 17.6. The molecule has 0 spiro atoms. The number of hydrogen-bond acceptors (Lipinski definition) is 5. The number of thiazole rings is 1. The smallest absolute Gasteiger partial charge is 0.319 e. The average molecular weight is 410 g/mol. The number of rotatable bonds is 4. The highest BCUT2D eigenvalue weighted by Crippen LogP contribution is 2.34. The van der Waals surface area contributed by atoms with Crippen LogP contribution in [-0.4, -0.2) is 21.8 Å². The summed E-state index contributed by atoms with van der Waals surface area (Å²) < 4.78 is 0. The van der Waals surface area contributed by atoms with E-state index >= 15 is 0 Å².